The molecule has 0 aromatic heterocycles. The van der Waals surface area contributed by atoms with E-state index >= 15 is 0 Å². The van der Waals surface area contributed by atoms with Crippen molar-refractivity contribution in [2.24, 2.45) is 16.8 Å². The van der Waals surface area contributed by atoms with Crippen LogP contribution in [0.2, 0.25) is 0 Å². The number of benzene rings is 1. The third-order valence-electron chi connectivity index (χ3n) is 4.81. The number of hydrogen-bond acceptors (Lipinski definition) is 5. The maximum absolute atomic E-state index is 10.9. The van der Waals surface area contributed by atoms with Gasteiger partial charge in [0.05, 0.1) is 23.6 Å². The Labute approximate surface area is 153 Å². The van der Waals surface area contributed by atoms with E-state index in [1.807, 2.05) is 13.8 Å². The fourth-order valence-electron chi connectivity index (χ4n) is 3.44. The molecule has 136 valence electrons. The molecule has 0 spiro atoms. The van der Waals surface area contributed by atoms with Crippen molar-refractivity contribution in [3.63, 3.8) is 0 Å². The van der Waals surface area contributed by atoms with Crippen LogP contribution < -0.4 is 4.74 Å². The first kappa shape index (κ1) is 18.2. The Balaban J connectivity index is 1.59. The van der Waals surface area contributed by atoms with Gasteiger partial charge in [-0.05, 0) is 36.6 Å². The van der Waals surface area contributed by atoms with Crippen LogP contribution in [0.15, 0.2) is 29.4 Å². The number of aryl methyl sites for hydroxylation is 2. The van der Waals surface area contributed by atoms with Crippen molar-refractivity contribution in [2.45, 2.75) is 26.8 Å². The van der Waals surface area contributed by atoms with Crippen LogP contribution in [0, 0.1) is 37.0 Å². The van der Waals surface area contributed by atoms with Crippen LogP contribution in [0.25, 0.3) is 0 Å². The Kier molecular flexibility index (Phi) is 5.38. The highest BCUT2D eigenvalue weighted by Gasteiger charge is 2.32. The average molecular weight is 353 g/mol. The summed E-state index contributed by atoms with van der Waals surface area (Å²) in [6.45, 7) is 6.40. The van der Waals surface area contributed by atoms with Crippen molar-refractivity contribution in [3.8, 4) is 11.8 Å². The molecule has 6 nitrogen and oxygen atoms in total. The summed E-state index contributed by atoms with van der Waals surface area (Å²) in [6, 6.07) is 6.43. The Bertz CT molecular complexity index is 778. The van der Waals surface area contributed by atoms with Crippen LogP contribution in [0.3, 0.4) is 0 Å². The summed E-state index contributed by atoms with van der Waals surface area (Å²) in [6.07, 6.45) is 4.10. The minimum atomic E-state index is -0.712. The number of aliphatic carboxylic acids is 1. The topological polar surface area (TPSA) is 85.9 Å². The van der Waals surface area contributed by atoms with Gasteiger partial charge in [0.15, 0.2) is 0 Å². The number of nitriles is 1. The van der Waals surface area contributed by atoms with Gasteiger partial charge in [0.1, 0.15) is 12.4 Å². The predicted octanol–water partition coefficient (Wildman–Crippen LogP) is 2.70. The molecule has 1 aromatic rings. The van der Waals surface area contributed by atoms with Gasteiger partial charge in [-0.25, -0.2) is 0 Å². The van der Waals surface area contributed by atoms with E-state index in [-0.39, 0.29) is 11.8 Å². The summed E-state index contributed by atoms with van der Waals surface area (Å²) >= 11 is 0. The highest BCUT2D eigenvalue weighted by atomic mass is 16.5. The molecule has 1 aromatic carbocycles. The molecule has 3 rings (SSSR count). The minimum Gasteiger partial charge on any atom is -0.487 e. The first-order chi connectivity index (χ1) is 12.5. The molecule has 26 heavy (non-hydrogen) atoms. The van der Waals surface area contributed by atoms with Gasteiger partial charge in [-0.15, -0.1) is 0 Å². The first-order valence-electron chi connectivity index (χ1n) is 8.76. The van der Waals surface area contributed by atoms with Gasteiger partial charge in [0.25, 0.3) is 0 Å². The zero-order valence-corrected chi connectivity index (χ0v) is 15.1. The lowest BCUT2D eigenvalue weighted by Crippen LogP contribution is -2.49. The van der Waals surface area contributed by atoms with Gasteiger partial charge in [0.2, 0.25) is 0 Å². The van der Waals surface area contributed by atoms with E-state index < -0.39 is 5.97 Å². The monoisotopic (exact) mass is 353 g/mol. The zero-order valence-electron chi connectivity index (χ0n) is 15.1. The second-order valence-corrected chi connectivity index (χ2v) is 7.05. The van der Waals surface area contributed by atoms with Crippen LogP contribution in [0.1, 0.15) is 23.1 Å². The predicted molar refractivity (Wildman–Crippen MR) is 98.1 cm³/mol. The van der Waals surface area contributed by atoms with E-state index in [0.29, 0.717) is 26.1 Å². The molecular weight excluding hydrogens is 330 g/mol. The van der Waals surface area contributed by atoms with Crippen LogP contribution in [-0.4, -0.2) is 41.4 Å². The van der Waals surface area contributed by atoms with Gasteiger partial charge in [-0.1, -0.05) is 12.1 Å². The maximum atomic E-state index is 10.9. The van der Waals surface area contributed by atoms with E-state index in [2.05, 4.69) is 28.1 Å². The lowest BCUT2D eigenvalue weighted by atomic mass is 9.98. The van der Waals surface area contributed by atoms with Crippen molar-refractivity contribution >= 4 is 11.7 Å². The number of rotatable bonds is 6. The molecule has 1 fully saturated rings. The van der Waals surface area contributed by atoms with Crippen LogP contribution >= 0.6 is 0 Å². The summed E-state index contributed by atoms with van der Waals surface area (Å²) < 4.78 is 5.98. The summed E-state index contributed by atoms with van der Waals surface area (Å²) in [5.74, 6) is -0.216. The molecule has 1 N–H and O–H groups in total. The molecule has 2 heterocycles. The van der Waals surface area contributed by atoms with E-state index in [0.717, 1.165) is 29.1 Å². The molecule has 2 aliphatic rings. The zero-order chi connectivity index (χ0) is 18.7. The maximum Gasteiger partial charge on any atom is 0.309 e. The molecule has 0 saturated carbocycles. The smallest absolute Gasteiger partial charge is 0.309 e. The van der Waals surface area contributed by atoms with E-state index in [4.69, 9.17) is 15.1 Å². The number of allylic oxidation sites excluding steroid dienone is 1. The van der Waals surface area contributed by atoms with Gasteiger partial charge < -0.3 is 9.84 Å². The van der Waals surface area contributed by atoms with Gasteiger partial charge in [-0.3, -0.25) is 14.7 Å². The third-order valence-corrected chi connectivity index (χ3v) is 4.81. The molecular formula is C20H23N3O3. The SMILES string of the molecule is Cc1cc(CN2CC(C(=O)O)C2)cc(C)c1OCC1=NC=CC(C#N)C1. The molecule has 6 heteroatoms. The van der Waals surface area contributed by atoms with Crippen LogP contribution in [0.5, 0.6) is 5.75 Å². The fourth-order valence-corrected chi connectivity index (χ4v) is 3.44. The average Bonchev–Trinajstić information content (AvgIpc) is 2.56. The number of aliphatic imine (C=N–C) groups is 1. The summed E-state index contributed by atoms with van der Waals surface area (Å²) in [5, 5.41) is 18.0. The van der Waals surface area contributed by atoms with Gasteiger partial charge >= 0.3 is 5.97 Å². The number of carbonyl (C=O) groups is 1. The largest absolute Gasteiger partial charge is 0.487 e. The molecule has 1 atom stereocenters. The molecule has 1 unspecified atom stereocenters. The molecule has 0 amide bonds. The Morgan fingerprint density at radius 3 is 2.69 bits per heavy atom. The van der Waals surface area contributed by atoms with Gasteiger partial charge in [0, 0.05) is 32.3 Å². The number of hydrogen-bond donors (Lipinski definition) is 1. The van der Waals surface area contributed by atoms with Crippen LogP contribution in [-0.2, 0) is 11.3 Å². The number of nitrogens with zero attached hydrogens (tertiary/aromatic N) is 3. The first-order valence-corrected chi connectivity index (χ1v) is 8.76. The lowest BCUT2D eigenvalue weighted by molar-refractivity contribution is -0.147. The quantitative estimate of drug-likeness (QED) is 0.850. The standard InChI is InChI=1S/C20H23N3O3/c1-13-5-16(9-23-10-17(11-23)20(24)25)6-14(2)19(13)26-12-18-7-15(8-21)3-4-22-18/h3-6,15,17H,7,9-12H2,1-2H3,(H,24,25). The summed E-state index contributed by atoms with van der Waals surface area (Å²) in [4.78, 5) is 17.3. The van der Waals surface area contributed by atoms with Crippen molar-refractivity contribution < 1.29 is 14.6 Å². The second kappa shape index (κ2) is 7.71. The molecule has 0 radical (unpaired) electrons. The molecule has 1 saturated heterocycles. The summed E-state index contributed by atoms with van der Waals surface area (Å²) in [7, 11) is 0. The highest BCUT2D eigenvalue weighted by Crippen LogP contribution is 2.27. The Morgan fingerprint density at radius 2 is 2.08 bits per heavy atom. The van der Waals surface area contributed by atoms with Gasteiger partial charge in [-0.2, -0.15) is 5.26 Å². The van der Waals surface area contributed by atoms with Crippen LogP contribution in [0.4, 0.5) is 0 Å². The summed E-state index contributed by atoms with van der Waals surface area (Å²) in [5.41, 5.74) is 4.15. The number of carboxylic acids is 1. The second-order valence-electron chi connectivity index (χ2n) is 7.05. The molecule has 0 bridgehead atoms. The number of ether oxygens (including phenoxy) is 1. The van der Waals surface area contributed by atoms with Crippen molar-refractivity contribution in [3.05, 3.63) is 41.1 Å². The van der Waals surface area contributed by atoms with Crippen molar-refractivity contribution in [2.75, 3.05) is 19.7 Å². The third kappa shape index (κ3) is 4.12. The Hall–Kier alpha value is -2.65. The van der Waals surface area contributed by atoms with E-state index in [9.17, 15) is 4.79 Å². The normalized spacial score (nSPS) is 20.2. The molecule has 0 aliphatic carbocycles. The van der Waals surface area contributed by atoms with E-state index in [1.165, 1.54) is 5.56 Å². The number of likely N-dealkylation sites (tertiary alicyclic amines) is 1. The van der Waals surface area contributed by atoms with Crippen molar-refractivity contribution in [1.29, 1.82) is 5.26 Å². The molecule has 2 aliphatic heterocycles. The number of carboxylic acid groups (broad SMARTS) is 1. The Morgan fingerprint density at radius 1 is 1.38 bits per heavy atom. The highest BCUT2D eigenvalue weighted by molar-refractivity contribution is 5.87. The lowest BCUT2D eigenvalue weighted by Gasteiger charge is -2.36. The fraction of sp³-hybridized carbons (Fsp3) is 0.450. The van der Waals surface area contributed by atoms with E-state index in [1.54, 1.807) is 12.3 Å². The minimum absolute atomic E-state index is 0.123. The van der Waals surface area contributed by atoms with Crippen molar-refractivity contribution in [1.82, 2.24) is 4.90 Å².